The van der Waals surface area contributed by atoms with Gasteiger partial charge < -0.3 is 24.5 Å². The highest BCUT2D eigenvalue weighted by Crippen LogP contribution is 2.30. The molecule has 0 saturated carbocycles. The summed E-state index contributed by atoms with van der Waals surface area (Å²) in [6, 6.07) is 14.0. The first-order valence-electron chi connectivity index (χ1n) is 10.5. The van der Waals surface area contributed by atoms with Crippen LogP contribution in [0.15, 0.2) is 59.1 Å². The SMILES string of the molecule is COc1cccc(OC)c1C(=O)NC(CCCNC(=N)CF)c1ncc(-c2ccccc2)o1. The van der Waals surface area contributed by atoms with Gasteiger partial charge in [0.2, 0.25) is 5.89 Å². The number of aromatic nitrogens is 1. The molecule has 3 rings (SSSR count). The molecular weight excluding hydrogens is 427 g/mol. The fraction of sp³-hybridized carbons (Fsp3) is 0.292. The summed E-state index contributed by atoms with van der Waals surface area (Å²) in [5, 5.41) is 13.0. The summed E-state index contributed by atoms with van der Waals surface area (Å²) in [6.45, 7) is -0.479. The number of nitrogens with zero attached hydrogens (tertiary/aromatic N) is 1. The second kappa shape index (κ2) is 11.7. The predicted octanol–water partition coefficient (Wildman–Crippen LogP) is 4.15. The van der Waals surface area contributed by atoms with Gasteiger partial charge in [-0.2, -0.15) is 0 Å². The number of methoxy groups -OCH3 is 2. The van der Waals surface area contributed by atoms with Gasteiger partial charge in [-0.15, -0.1) is 0 Å². The predicted molar refractivity (Wildman–Crippen MR) is 123 cm³/mol. The number of ether oxygens (including phenoxy) is 2. The molecule has 0 bridgehead atoms. The largest absolute Gasteiger partial charge is 0.496 e. The number of carbonyl (C=O) groups excluding carboxylic acids is 1. The number of hydrogen-bond donors (Lipinski definition) is 3. The van der Waals surface area contributed by atoms with Crippen molar-refractivity contribution in [2.75, 3.05) is 27.4 Å². The Bertz CT molecular complexity index is 1050. The zero-order chi connectivity index (χ0) is 23.6. The molecule has 2 aromatic carbocycles. The monoisotopic (exact) mass is 454 g/mol. The van der Waals surface area contributed by atoms with E-state index in [1.54, 1.807) is 24.4 Å². The molecule has 0 aliphatic heterocycles. The molecule has 0 spiro atoms. The molecule has 3 aromatic rings. The number of halogens is 1. The van der Waals surface area contributed by atoms with E-state index < -0.39 is 18.6 Å². The number of benzene rings is 2. The molecule has 1 unspecified atom stereocenters. The number of rotatable bonds is 11. The van der Waals surface area contributed by atoms with E-state index in [1.165, 1.54) is 14.2 Å². The van der Waals surface area contributed by atoms with Gasteiger partial charge in [-0.1, -0.05) is 36.4 Å². The van der Waals surface area contributed by atoms with Crippen LogP contribution in [0.5, 0.6) is 11.5 Å². The van der Waals surface area contributed by atoms with Crippen molar-refractivity contribution in [2.45, 2.75) is 18.9 Å². The molecule has 1 heterocycles. The second-order valence-corrected chi connectivity index (χ2v) is 7.17. The summed E-state index contributed by atoms with van der Waals surface area (Å²) in [7, 11) is 2.96. The Morgan fingerprint density at radius 1 is 1.12 bits per heavy atom. The highest BCUT2D eigenvalue weighted by atomic mass is 19.1. The summed E-state index contributed by atoms with van der Waals surface area (Å²) in [5.41, 5.74) is 1.13. The molecule has 1 atom stereocenters. The van der Waals surface area contributed by atoms with E-state index in [-0.39, 0.29) is 11.4 Å². The van der Waals surface area contributed by atoms with Gasteiger partial charge in [0.15, 0.2) is 5.76 Å². The first kappa shape index (κ1) is 23.8. The normalized spacial score (nSPS) is 11.5. The number of hydrogen-bond acceptors (Lipinski definition) is 6. The van der Waals surface area contributed by atoms with E-state index >= 15 is 0 Å². The Hall–Kier alpha value is -3.88. The first-order valence-corrected chi connectivity index (χ1v) is 10.5. The minimum atomic E-state index is -0.853. The standard InChI is InChI=1S/C24H27FN4O4/c1-31-18-11-6-12-19(32-2)22(18)23(30)29-17(10-7-13-27-21(26)14-25)24-28-15-20(33-24)16-8-4-3-5-9-16/h3-6,8-9,11-12,15,17H,7,10,13-14H2,1-2H3,(H2,26,27)(H,29,30). The van der Waals surface area contributed by atoms with Crippen LogP contribution in [0.25, 0.3) is 11.3 Å². The van der Waals surface area contributed by atoms with Crippen LogP contribution in [0, 0.1) is 5.41 Å². The van der Waals surface area contributed by atoms with Crippen LogP contribution >= 0.6 is 0 Å². The molecule has 0 aliphatic rings. The van der Waals surface area contributed by atoms with E-state index in [0.717, 1.165) is 5.56 Å². The number of oxazole rings is 1. The number of alkyl halides is 1. The van der Waals surface area contributed by atoms with Crippen molar-refractivity contribution in [2.24, 2.45) is 0 Å². The summed E-state index contributed by atoms with van der Waals surface area (Å²) in [4.78, 5) is 17.6. The number of carbonyl (C=O) groups is 1. The van der Waals surface area contributed by atoms with Crippen LogP contribution in [0.3, 0.4) is 0 Å². The third-order valence-corrected chi connectivity index (χ3v) is 4.98. The highest BCUT2D eigenvalue weighted by molar-refractivity contribution is 5.99. The number of amidine groups is 1. The van der Waals surface area contributed by atoms with Crippen molar-refractivity contribution in [3.05, 3.63) is 66.2 Å². The molecule has 9 heteroatoms. The molecular formula is C24H27FN4O4. The Balaban J connectivity index is 1.83. The van der Waals surface area contributed by atoms with Gasteiger partial charge in [0.1, 0.15) is 35.6 Å². The summed E-state index contributed by atoms with van der Waals surface area (Å²) >= 11 is 0. The van der Waals surface area contributed by atoms with Gasteiger partial charge in [-0.05, 0) is 25.0 Å². The van der Waals surface area contributed by atoms with E-state index in [4.69, 9.17) is 19.3 Å². The Labute approximate surface area is 191 Å². The molecule has 1 amide bonds. The zero-order valence-corrected chi connectivity index (χ0v) is 18.6. The van der Waals surface area contributed by atoms with Gasteiger partial charge in [-0.25, -0.2) is 9.37 Å². The average molecular weight is 455 g/mol. The minimum absolute atomic E-state index is 0.183. The van der Waals surface area contributed by atoms with Crippen molar-refractivity contribution in [1.82, 2.24) is 15.6 Å². The molecule has 0 saturated heterocycles. The third kappa shape index (κ3) is 6.09. The third-order valence-electron chi connectivity index (χ3n) is 4.98. The van der Waals surface area contributed by atoms with Crippen LogP contribution in [-0.4, -0.2) is 44.2 Å². The van der Waals surface area contributed by atoms with E-state index in [9.17, 15) is 9.18 Å². The van der Waals surface area contributed by atoms with Gasteiger partial charge in [0, 0.05) is 12.1 Å². The minimum Gasteiger partial charge on any atom is -0.496 e. The molecule has 0 fully saturated rings. The van der Waals surface area contributed by atoms with Crippen molar-refractivity contribution in [3.63, 3.8) is 0 Å². The van der Waals surface area contributed by atoms with Crippen molar-refractivity contribution in [3.8, 4) is 22.8 Å². The maximum atomic E-state index is 13.2. The van der Waals surface area contributed by atoms with Crippen molar-refractivity contribution < 1.29 is 23.1 Å². The Morgan fingerprint density at radius 2 is 1.82 bits per heavy atom. The first-order chi connectivity index (χ1) is 16.1. The Morgan fingerprint density at radius 3 is 2.45 bits per heavy atom. The molecule has 174 valence electrons. The number of nitrogens with one attached hydrogen (secondary N) is 3. The van der Waals surface area contributed by atoms with Gasteiger partial charge in [0.25, 0.3) is 5.91 Å². The molecule has 1 aromatic heterocycles. The Kier molecular flexibility index (Phi) is 8.40. The van der Waals surface area contributed by atoms with Crippen LogP contribution in [-0.2, 0) is 0 Å². The van der Waals surface area contributed by atoms with Gasteiger partial charge in [-0.3, -0.25) is 10.2 Å². The fourth-order valence-electron chi connectivity index (χ4n) is 3.34. The smallest absolute Gasteiger partial charge is 0.259 e. The maximum absolute atomic E-state index is 13.2. The van der Waals surface area contributed by atoms with Crippen molar-refractivity contribution in [1.29, 1.82) is 5.41 Å². The van der Waals surface area contributed by atoms with Crippen molar-refractivity contribution >= 4 is 11.7 Å². The van der Waals surface area contributed by atoms with E-state index in [0.29, 0.717) is 42.5 Å². The van der Waals surface area contributed by atoms with E-state index in [1.807, 2.05) is 30.3 Å². The lowest BCUT2D eigenvalue weighted by Crippen LogP contribution is -2.31. The lowest BCUT2D eigenvalue weighted by Gasteiger charge is -2.18. The van der Waals surface area contributed by atoms with Gasteiger partial charge >= 0.3 is 0 Å². The summed E-state index contributed by atoms with van der Waals surface area (Å²) < 4.78 is 29.2. The van der Waals surface area contributed by atoms with Gasteiger partial charge in [0.05, 0.1) is 20.4 Å². The summed E-state index contributed by atoms with van der Waals surface area (Å²) in [5.74, 6) is 1.09. The van der Waals surface area contributed by atoms with Crippen LogP contribution in [0.1, 0.15) is 35.1 Å². The maximum Gasteiger partial charge on any atom is 0.259 e. The molecule has 0 aliphatic carbocycles. The van der Waals surface area contributed by atoms with Crippen LogP contribution < -0.4 is 20.1 Å². The molecule has 0 radical (unpaired) electrons. The average Bonchev–Trinajstić information content (AvgIpc) is 3.35. The zero-order valence-electron chi connectivity index (χ0n) is 18.6. The topological polar surface area (TPSA) is 109 Å². The van der Waals surface area contributed by atoms with Crippen LogP contribution in [0.2, 0.25) is 0 Å². The fourth-order valence-corrected chi connectivity index (χ4v) is 3.34. The van der Waals surface area contributed by atoms with Crippen LogP contribution in [0.4, 0.5) is 4.39 Å². The lowest BCUT2D eigenvalue weighted by molar-refractivity contribution is 0.0921. The summed E-state index contributed by atoms with van der Waals surface area (Å²) in [6.07, 6.45) is 2.61. The lowest BCUT2D eigenvalue weighted by atomic mass is 10.1. The number of amides is 1. The molecule has 3 N–H and O–H groups in total. The highest BCUT2D eigenvalue weighted by Gasteiger charge is 2.25. The second-order valence-electron chi connectivity index (χ2n) is 7.17. The molecule has 33 heavy (non-hydrogen) atoms. The van der Waals surface area contributed by atoms with E-state index in [2.05, 4.69) is 15.6 Å². The molecule has 8 nitrogen and oxygen atoms in total. The quantitative estimate of drug-likeness (QED) is 0.228.